The van der Waals surface area contributed by atoms with Crippen molar-refractivity contribution < 1.29 is 37.8 Å². The molecule has 0 amide bonds. The second-order valence-electron chi connectivity index (χ2n) is 6.64. The van der Waals surface area contributed by atoms with Gasteiger partial charge in [0.2, 0.25) is 0 Å². The summed E-state index contributed by atoms with van der Waals surface area (Å²) in [4.78, 5) is 31.8. The smallest absolute Gasteiger partial charge is 0.416 e. The molecule has 3 rings (SSSR count). The number of halogens is 3. The lowest BCUT2D eigenvalue weighted by atomic mass is 9.80. The van der Waals surface area contributed by atoms with Crippen LogP contribution in [0.1, 0.15) is 29.3 Å². The molecule has 0 spiro atoms. The number of carbonyl (C=O) groups is 3. The van der Waals surface area contributed by atoms with Gasteiger partial charge in [-0.25, -0.2) is 9.48 Å². The molecule has 1 heterocycles. The third-order valence-electron chi connectivity index (χ3n) is 4.28. The van der Waals surface area contributed by atoms with Crippen LogP contribution in [0, 0.1) is 5.41 Å². The predicted octanol–water partition coefficient (Wildman–Crippen LogP) is 3.75. The molecule has 2 aromatic rings. The summed E-state index contributed by atoms with van der Waals surface area (Å²) in [5, 5.41) is 21.3. The van der Waals surface area contributed by atoms with Crippen LogP contribution in [0.2, 0.25) is 0 Å². The first-order valence-corrected chi connectivity index (χ1v) is 8.49. The molecule has 0 fully saturated rings. The number of hydrogen-bond acceptors (Lipinski definition) is 4. The van der Waals surface area contributed by atoms with Crippen LogP contribution in [0.3, 0.4) is 0 Å². The average molecular weight is 422 g/mol. The van der Waals surface area contributed by atoms with Crippen molar-refractivity contribution in [2.24, 2.45) is 5.41 Å². The maximum atomic E-state index is 12.3. The highest BCUT2D eigenvalue weighted by Crippen LogP contribution is 2.31. The van der Waals surface area contributed by atoms with Crippen molar-refractivity contribution in [3.05, 3.63) is 71.6 Å². The molecule has 2 N–H and O–H groups in total. The Morgan fingerprint density at radius 1 is 1.20 bits per heavy atom. The third-order valence-corrected chi connectivity index (χ3v) is 4.28. The zero-order chi connectivity index (χ0) is 22.5. The van der Waals surface area contributed by atoms with Crippen LogP contribution in [0.25, 0.3) is 5.69 Å². The lowest BCUT2D eigenvalue weighted by Gasteiger charge is -2.23. The number of rotatable bonds is 4. The summed E-state index contributed by atoms with van der Waals surface area (Å²) in [5.41, 5.74) is -0.838. The van der Waals surface area contributed by atoms with Gasteiger partial charge in [-0.1, -0.05) is 18.2 Å². The maximum Gasteiger partial charge on any atom is 0.416 e. The Morgan fingerprint density at radius 2 is 1.83 bits per heavy atom. The molecular weight excluding hydrogens is 405 g/mol. The zero-order valence-electron chi connectivity index (χ0n) is 15.6. The highest BCUT2D eigenvalue weighted by Gasteiger charge is 2.34. The first-order valence-electron chi connectivity index (χ1n) is 8.49. The molecular formula is C20H17F3N2O5. The average Bonchev–Trinajstić information content (AvgIpc) is 3.17. The molecule has 1 unspecified atom stereocenters. The van der Waals surface area contributed by atoms with Crippen LogP contribution < -0.4 is 0 Å². The van der Waals surface area contributed by atoms with Gasteiger partial charge in [0.15, 0.2) is 6.29 Å². The summed E-state index contributed by atoms with van der Waals surface area (Å²) < 4.78 is 38.3. The Balaban J connectivity index is 0.000000222. The van der Waals surface area contributed by atoms with Crippen molar-refractivity contribution >= 4 is 18.2 Å². The minimum Gasteiger partial charge on any atom is -0.481 e. The van der Waals surface area contributed by atoms with Gasteiger partial charge in [-0.15, -0.1) is 0 Å². The second kappa shape index (κ2) is 8.76. The van der Waals surface area contributed by atoms with E-state index in [0.717, 1.165) is 12.1 Å². The van der Waals surface area contributed by atoms with E-state index in [1.807, 2.05) is 0 Å². The van der Waals surface area contributed by atoms with E-state index in [2.05, 4.69) is 5.10 Å². The van der Waals surface area contributed by atoms with Crippen LogP contribution in [-0.2, 0) is 15.8 Å². The van der Waals surface area contributed by atoms with Crippen molar-refractivity contribution in [3.63, 3.8) is 0 Å². The van der Waals surface area contributed by atoms with Crippen LogP contribution in [-0.4, -0.2) is 38.2 Å². The summed E-state index contributed by atoms with van der Waals surface area (Å²) in [6.45, 7) is 1.50. The third kappa shape index (κ3) is 5.43. The number of aldehydes is 1. The molecule has 0 saturated heterocycles. The van der Waals surface area contributed by atoms with Gasteiger partial charge in [-0.2, -0.15) is 18.3 Å². The summed E-state index contributed by atoms with van der Waals surface area (Å²) >= 11 is 0. The predicted molar refractivity (Wildman–Crippen MR) is 99.2 cm³/mol. The van der Waals surface area contributed by atoms with Gasteiger partial charge >= 0.3 is 18.1 Å². The maximum absolute atomic E-state index is 12.3. The van der Waals surface area contributed by atoms with Crippen molar-refractivity contribution in [1.29, 1.82) is 0 Å². The van der Waals surface area contributed by atoms with E-state index in [0.29, 0.717) is 17.5 Å². The van der Waals surface area contributed by atoms with E-state index in [4.69, 9.17) is 10.2 Å². The number of benzene rings is 1. The first-order chi connectivity index (χ1) is 14.0. The van der Waals surface area contributed by atoms with Crippen molar-refractivity contribution in [2.75, 3.05) is 0 Å². The summed E-state index contributed by atoms with van der Waals surface area (Å²) in [6, 6.07) is 4.53. The van der Waals surface area contributed by atoms with E-state index in [-0.39, 0.29) is 12.0 Å². The number of carboxylic acids is 2. The van der Waals surface area contributed by atoms with Crippen LogP contribution >= 0.6 is 0 Å². The number of carbonyl (C=O) groups excluding carboxylic acids is 1. The Morgan fingerprint density at radius 3 is 2.30 bits per heavy atom. The second-order valence-corrected chi connectivity index (χ2v) is 6.64. The molecule has 1 aliphatic carbocycles. The summed E-state index contributed by atoms with van der Waals surface area (Å²) in [5.74, 6) is -2.06. The van der Waals surface area contributed by atoms with Crippen LogP contribution in [0.5, 0.6) is 0 Å². The molecule has 30 heavy (non-hydrogen) atoms. The van der Waals surface area contributed by atoms with Gasteiger partial charge < -0.3 is 10.2 Å². The minimum absolute atomic E-state index is 0.0359. The Bertz CT molecular complexity index is 1010. The number of alkyl halides is 3. The number of aromatic nitrogens is 2. The first kappa shape index (κ1) is 22.6. The van der Waals surface area contributed by atoms with E-state index in [1.165, 1.54) is 54.4 Å². The van der Waals surface area contributed by atoms with E-state index < -0.39 is 29.1 Å². The monoisotopic (exact) mass is 422 g/mol. The topological polar surface area (TPSA) is 109 Å². The number of allylic oxidation sites excluding steroid dienone is 2. The highest BCUT2D eigenvalue weighted by atomic mass is 19.4. The Hall–Kier alpha value is -3.69. The van der Waals surface area contributed by atoms with Gasteiger partial charge in [0.25, 0.3) is 0 Å². The SMILES string of the molecule is CC1(C(=O)O)C=CC=C(C(=O)O)C1.O=Cc1cnn(-c2ccc(C(F)(F)F)cc2)c1. The quantitative estimate of drug-likeness (QED) is 0.727. The van der Waals surface area contributed by atoms with E-state index in [9.17, 15) is 27.6 Å². The van der Waals surface area contributed by atoms with Crippen LogP contribution in [0.4, 0.5) is 13.2 Å². The van der Waals surface area contributed by atoms with Crippen LogP contribution in [0.15, 0.2) is 60.5 Å². The molecule has 158 valence electrons. The van der Waals surface area contributed by atoms with E-state index >= 15 is 0 Å². The lowest BCUT2D eigenvalue weighted by molar-refractivity contribution is -0.145. The van der Waals surface area contributed by atoms with E-state index in [1.54, 1.807) is 0 Å². The standard InChI is InChI=1S/C11H7F3N2O.C9H10O4/c12-11(13,14)9-1-3-10(4-2-9)16-6-8(7-17)5-15-16;1-9(8(12)13)4-2-3-6(5-9)7(10)11/h1-7H;2-4H,5H2,1H3,(H,10,11)(H,12,13). The fraction of sp³-hybridized carbons (Fsp3) is 0.200. The molecule has 1 aromatic heterocycles. The minimum atomic E-state index is -4.35. The van der Waals surface area contributed by atoms with Crippen molar-refractivity contribution in [3.8, 4) is 5.69 Å². The van der Waals surface area contributed by atoms with Gasteiger partial charge in [-0.3, -0.25) is 9.59 Å². The Kier molecular flexibility index (Phi) is 6.60. The van der Waals surface area contributed by atoms with Gasteiger partial charge in [0, 0.05) is 11.8 Å². The van der Waals surface area contributed by atoms with Gasteiger partial charge in [0.05, 0.1) is 28.4 Å². The van der Waals surface area contributed by atoms with Crippen molar-refractivity contribution in [2.45, 2.75) is 19.5 Å². The molecule has 0 aliphatic heterocycles. The fourth-order valence-corrected chi connectivity index (χ4v) is 2.53. The molecule has 7 nitrogen and oxygen atoms in total. The molecule has 0 bridgehead atoms. The normalized spacial score (nSPS) is 18.1. The Labute approximate surface area is 168 Å². The summed E-state index contributed by atoms with van der Waals surface area (Å²) in [6.07, 6.45) is 3.48. The fourth-order valence-electron chi connectivity index (χ4n) is 2.53. The highest BCUT2D eigenvalue weighted by molar-refractivity contribution is 5.90. The molecule has 10 heteroatoms. The zero-order valence-corrected chi connectivity index (χ0v) is 15.6. The van der Waals surface area contributed by atoms with Crippen molar-refractivity contribution in [1.82, 2.24) is 9.78 Å². The van der Waals surface area contributed by atoms with Gasteiger partial charge in [-0.05, 0) is 37.6 Å². The molecule has 1 aliphatic rings. The number of hydrogen-bond donors (Lipinski definition) is 2. The number of aliphatic carboxylic acids is 2. The molecule has 0 radical (unpaired) electrons. The molecule has 1 atom stereocenters. The number of nitrogens with zero attached hydrogens (tertiary/aromatic N) is 2. The largest absolute Gasteiger partial charge is 0.481 e. The van der Waals surface area contributed by atoms with Gasteiger partial charge in [0.1, 0.15) is 0 Å². The summed E-state index contributed by atoms with van der Waals surface area (Å²) in [7, 11) is 0. The molecule has 1 aromatic carbocycles. The lowest BCUT2D eigenvalue weighted by Crippen LogP contribution is -2.28. The number of carboxylic acid groups (broad SMARTS) is 2. The molecule has 0 saturated carbocycles.